The third kappa shape index (κ3) is 3.77. The minimum Gasteiger partial charge on any atom is -0.361 e. The van der Waals surface area contributed by atoms with Crippen molar-refractivity contribution in [3.8, 4) is 0 Å². The molecule has 1 atom stereocenters. The summed E-state index contributed by atoms with van der Waals surface area (Å²) in [7, 11) is 0. The van der Waals surface area contributed by atoms with Crippen molar-refractivity contribution in [1.29, 1.82) is 0 Å². The van der Waals surface area contributed by atoms with E-state index in [2.05, 4.69) is 55.3 Å². The van der Waals surface area contributed by atoms with Crippen molar-refractivity contribution in [3.63, 3.8) is 0 Å². The predicted molar refractivity (Wildman–Crippen MR) is 81.3 cm³/mol. The van der Waals surface area contributed by atoms with Crippen LogP contribution in [0.5, 0.6) is 0 Å². The molecule has 0 spiro atoms. The summed E-state index contributed by atoms with van der Waals surface area (Å²) >= 11 is 1.84. The number of amidine groups is 1. The van der Waals surface area contributed by atoms with Gasteiger partial charge in [0.2, 0.25) is 0 Å². The highest BCUT2D eigenvalue weighted by Crippen LogP contribution is 2.17. The summed E-state index contributed by atoms with van der Waals surface area (Å²) in [5.41, 5.74) is 2.72. The Morgan fingerprint density at radius 3 is 2.61 bits per heavy atom. The second-order valence-electron chi connectivity index (χ2n) is 5.31. The number of hydrogen-bond acceptors (Lipinski definition) is 3. The molecule has 0 aromatic heterocycles. The van der Waals surface area contributed by atoms with Crippen LogP contribution in [0.3, 0.4) is 0 Å². The fourth-order valence-corrected chi connectivity index (χ4v) is 2.75. The number of nitrogens with zero attached hydrogens (tertiary/aromatic N) is 1. The maximum Gasteiger partial charge on any atom is 0.156 e. The van der Waals surface area contributed by atoms with Gasteiger partial charge in [-0.3, -0.25) is 4.99 Å². The topological polar surface area (TPSA) is 24.4 Å². The largest absolute Gasteiger partial charge is 0.361 e. The first kappa shape index (κ1) is 13.5. The molecular formula is C15H22N2S. The van der Waals surface area contributed by atoms with E-state index >= 15 is 0 Å². The van der Waals surface area contributed by atoms with Gasteiger partial charge in [0.1, 0.15) is 0 Å². The summed E-state index contributed by atoms with van der Waals surface area (Å²) < 4.78 is 0. The minimum atomic E-state index is 0.603. The third-order valence-corrected chi connectivity index (χ3v) is 4.42. The second kappa shape index (κ2) is 6.28. The predicted octanol–water partition coefficient (Wildman–Crippen LogP) is 3.64. The highest BCUT2D eigenvalue weighted by Gasteiger charge is 2.11. The van der Waals surface area contributed by atoms with Gasteiger partial charge in [-0.25, -0.2) is 0 Å². The lowest BCUT2D eigenvalue weighted by Crippen LogP contribution is -2.25. The number of rotatable bonds is 3. The van der Waals surface area contributed by atoms with Gasteiger partial charge in [-0.2, -0.15) is 0 Å². The standard InChI is InChI=1S/C15H22N2S/c1-11(2)14-6-4-13(5-7-14)9-17-15-16-8-12(3)10-18-15/h4-7,11-12H,8-10H2,1-3H3,(H,16,17). The van der Waals surface area contributed by atoms with E-state index in [9.17, 15) is 0 Å². The molecule has 1 aromatic rings. The lowest BCUT2D eigenvalue weighted by molar-refractivity contribution is 0.669. The van der Waals surface area contributed by atoms with Crippen LogP contribution >= 0.6 is 11.8 Å². The average Bonchev–Trinajstić information content (AvgIpc) is 2.38. The van der Waals surface area contributed by atoms with E-state index in [1.54, 1.807) is 0 Å². The zero-order chi connectivity index (χ0) is 13.0. The van der Waals surface area contributed by atoms with E-state index in [4.69, 9.17) is 0 Å². The summed E-state index contributed by atoms with van der Waals surface area (Å²) in [5.74, 6) is 2.50. The number of benzene rings is 1. The Morgan fingerprint density at radius 1 is 1.33 bits per heavy atom. The molecule has 0 saturated carbocycles. The number of nitrogens with one attached hydrogen (secondary N) is 1. The van der Waals surface area contributed by atoms with Crippen LogP contribution in [-0.4, -0.2) is 17.5 Å². The molecule has 0 radical (unpaired) electrons. The highest BCUT2D eigenvalue weighted by molar-refractivity contribution is 8.13. The highest BCUT2D eigenvalue weighted by atomic mass is 32.2. The smallest absolute Gasteiger partial charge is 0.156 e. The molecule has 3 heteroatoms. The molecule has 0 bridgehead atoms. The molecule has 1 heterocycles. The number of thioether (sulfide) groups is 1. The molecule has 0 saturated heterocycles. The number of hydrogen-bond donors (Lipinski definition) is 1. The van der Waals surface area contributed by atoms with Crippen LogP contribution in [-0.2, 0) is 6.54 Å². The first-order chi connectivity index (χ1) is 8.65. The van der Waals surface area contributed by atoms with Crippen LogP contribution in [0, 0.1) is 5.92 Å². The van der Waals surface area contributed by atoms with E-state index < -0.39 is 0 Å². The summed E-state index contributed by atoms with van der Waals surface area (Å²) in [6, 6.07) is 8.86. The molecule has 2 nitrogen and oxygen atoms in total. The molecule has 1 unspecified atom stereocenters. The van der Waals surface area contributed by atoms with Crippen molar-refractivity contribution in [2.45, 2.75) is 33.2 Å². The lowest BCUT2D eigenvalue weighted by Gasteiger charge is -2.18. The van der Waals surface area contributed by atoms with Crippen LogP contribution in [0.15, 0.2) is 29.3 Å². The van der Waals surface area contributed by atoms with Crippen LogP contribution in [0.1, 0.15) is 37.8 Å². The van der Waals surface area contributed by atoms with Gasteiger partial charge in [0.05, 0.1) is 0 Å². The Bertz CT molecular complexity index is 409. The van der Waals surface area contributed by atoms with Crippen molar-refractivity contribution in [1.82, 2.24) is 5.32 Å². The third-order valence-electron chi connectivity index (χ3n) is 3.14. The second-order valence-corrected chi connectivity index (χ2v) is 6.32. The maximum atomic E-state index is 4.54. The lowest BCUT2D eigenvalue weighted by atomic mass is 10.0. The summed E-state index contributed by atoms with van der Waals surface area (Å²) in [5, 5.41) is 4.52. The van der Waals surface area contributed by atoms with Crippen molar-refractivity contribution >= 4 is 16.9 Å². The van der Waals surface area contributed by atoms with Gasteiger partial charge in [-0.05, 0) is 23.0 Å². The Morgan fingerprint density at radius 2 is 2.06 bits per heavy atom. The first-order valence-corrected chi connectivity index (χ1v) is 7.63. The molecule has 2 rings (SSSR count). The van der Waals surface area contributed by atoms with E-state index in [0.717, 1.165) is 18.3 Å². The van der Waals surface area contributed by atoms with Crippen LogP contribution in [0.2, 0.25) is 0 Å². The molecule has 1 aromatic carbocycles. The summed E-state index contributed by atoms with van der Waals surface area (Å²) in [6.45, 7) is 8.53. The molecule has 1 N–H and O–H groups in total. The van der Waals surface area contributed by atoms with Gasteiger partial charge >= 0.3 is 0 Å². The minimum absolute atomic E-state index is 0.603. The van der Waals surface area contributed by atoms with Gasteiger partial charge in [0, 0.05) is 18.8 Å². The van der Waals surface area contributed by atoms with Gasteiger partial charge in [-0.1, -0.05) is 56.8 Å². The first-order valence-electron chi connectivity index (χ1n) is 6.65. The van der Waals surface area contributed by atoms with Crippen molar-refractivity contribution in [3.05, 3.63) is 35.4 Å². The Hall–Kier alpha value is -0.960. The fourth-order valence-electron chi connectivity index (χ4n) is 1.86. The molecular weight excluding hydrogens is 240 g/mol. The Labute approximate surface area is 114 Å². The van der Waals surface area contributed by atoms with Crippen LogP contribution in [0.4, 0.5) is 0 Å². The SMILES string of the molecule is CC1CN=C(NCc2ccc(C(C)C)cc2)SC1. The molecule has 0 fully saturated rings. The van der Waals surface area contributed by atoms with E-state index in [1.165, 1.54) is 16.9 Å². The Balaban J connectivity index is 1.87. The van der Waals surface area contributed by atoms with Gasteiger partial charge in [0.15, 0.2) is 5.17 Å². The molecule has 98 valence electrons. The van der Waals surface area contributed by atoms with Gasteiger partial charge < -0.3 is 5.32 Å². The van der Waals surface area contributed by atoms with Gasteiger partial charge in [-0.15, -0.1) is 0 Å². The number of aliphatic imine (C=N–C) groups is 1. The summed E-state index contributed by atoms with van der Waals surface area (Å²) in [6.07, 6.45) is 0. The van der Waals surface area contributed by atoms with E-state index in [-0.39, 0.29) is 0 Å². The molecule has 0 amide bonds. The van der Waals surface area contributed by atoms with Crippen molar-refractivity contribution in [2.24, 2.45) is 10.9 Å². The van der Waals surface area contributed by atoms with Crippen LogP contribution in [0.25, 0.3) is 0 Å². The maximum absolute atomic E-state index is 4.54. The normalized spacial score (nSPS) is 19.8. The van der Waals surface area contributed by atoms with E-state index in [0.29, 0.717) is 11.8 Å². The quantitative estimate of drug-likeness (QED) is 0.899. The summed E-state index contributed by atoms with van der Waals surface area (Å²) in [4.78, 5) is 4.54. The molecule has 1 aliphatic rings. The molecule has 0 aliphatic carbocycles. The average molecular weight is 262 g/mol. The van der Waals surface area contributed by atoms with Crippen molar-refractivity contribution < 1.29 is 0 Å². The molecule has 18 heavy (non-hydrogen) atoms. The van der Waals surface area contributed by atoms with Crippen LogP contribution < -0.4 is 5.32 Å². The zero-order valence-electron chi connectivity index (χ0n) is 11.4. The monoisotopic (exact) mass is 262 g/mol. The van der Waals surface area contributed by atoms with Crippen molar-refractivity contribution in [2.75, 3.05) is 12.3 Å². The fraction of sp³-hybridized carbons (Fsp3) is 0.533. The van der Waals surface area contributed by atoms with Gasteiger partial charge in [0.25, 0.3) is 0 Å². The van der Waals surface area contributed by atoms with E-state index in [1.807, 2.05) is 11.8 Å². The Kier molecular flexibility index (Phi) is 4.70. The molecule has 1 aliphatic heterocycles. The zero-order valence-corrected chi connectivity index (χ0v) is 12.3.